The number of hydrogen-bond acceptors (Lipinski definition) is 0. The predicted octanol–water partition coefficient (Wildman–Crippen LogP) is 3.19. The predicted molar refractivity (Wildman–Crippen MR) is 48.0 cm³/mol. The zero-order valence-electron chi connectivity index (χ0n) is 6.02. The van der Waals surface area contributed by atoms with E-state index in [1.54, 1.807) is 0 Å². The largest absolute Gasteiger partial charge is 0.0616 e. The summed E-state index contributed by atoms with van der Waals surface area (Å²) in [4.78, 5) is 0. The molecule has 0 amide bonds. The topological polar surface area (TPSA) is 0 Å². The summed E-state index contributed by atoms with van der Waals surface area (Å²) in [5.74, 6) is 0. The number of halogens is 1. The van der Waals surface area contributed by atoms with Crippen molar-refractivity contribution in [2.45, 2.75) is 13.3 Å². The molecule has 1 radical (unpaired) electrons. The van der Waals surface area contributed by atoms with Crippen molar-refractivity contribution in [3.63, 3.8) is 0 Å². The number of aryl methyl sites for hydroxylation is 1. The quantitative estimate of drug-likeness (QED) is 0.649. The van der Waals surface area contributed by atoms with Crippen molar-refractivity contribution < 1.29 is 0 Å². The molecule has 1 aromatic carbocycles. The van der Waals surface area contributed by atoms with E-state index in [1.165, 1.54) is 5.56 Å². The molecule has 0 heterocycles. The van der Waals surface area contributed by atoms with Gasteiger partial charge in [0.1, 0.15) is 0 Å². The van der Waals surface area contributed by atoms with Crippen LogP contribution in [0.2, 0.25) is 0 Å². The van der Waals surface area contributed by atoms with Crippen LogP contribution in [0.3, 0.4) is 0 Å². The summed E-state index contributed by atoms with van der Waals surface area (Å²) in [5, 5.41) is 0. The highest BCUT2D eigenvalue weighted by molar-refractivity contribution is 9.10. The van der Waals surface area contributed by atoms with Crippen LogP contribution in [0.25, 0.3) is 0 Å². The molecule has 0 aliphatic heterocycles. The highest BCUT2D eigenvalue weighted by Crippen LogP contribution is 2.20. The maximum atomic E-state index is 3.88. The summed E-state index contributed by atoms with van der Waals surface area (Å²) < 4.78 is 1.15. The Morgan fingerprint density at radius 1 is 1.50 bits per heavy atom. The summed E-state index contributed by atoms with van der Waals surface area (Å²) in [6.45, 7) is 6.02. The molecule has 0 fully saturated rings. The lowest BCUT2D eigenvalue weighted by molar-refractivity contribution is 1.12. The van der Waals surface area contributed by atoms with Crippen LogP contribution in [-0.2, 0) is 6.42 Å². The van der Waals surface area contributed by atoms with E-state index in [0.29, 0.717) is 0 Å². The first-order valence-electron chi connectivity index (χ1n) is 3.35. The van der Waals surface area contributed by atoms with E-state index in [0.717, 1.165) is 16.5 Å². The number of hydrogen-bond donors (Lipinski definition) is 0. The summed E-state index contributed by atoms with van der Waals surface area (Å²) in [7, 11) is 0. The monoisotopic (exact) mass is 197 g/mol. The van der Waals surface area contributed by atoms with Crippen molar-refractivity contribution in [2.24, 2.45) is 0 Å². The van der Waals surface area contributed by atoms with E-state index in [1.807, 2.05) is 12.1 Å². The van der Waals surface area contributed by atoms with Crippen molar-refractivity contribution in [3.8, 4) is 0 Å². The second-order valence-corrected chi connectivity index (χ2v) is 3.04. The van der Waals surface area contributed by atoms with Gasteiger partial charge >= 0.3 is 0 Å². The lowest BCUT2D eigenvalue weighted by Gasteiger charge is -2.02. The molecule has 1 heteroatoms. The maximum absolute atomic E-state index is 3.88. The second-order valence-electron chi connectivity index (χ2n) is 2.24. The average molecular weight is 198 g/mol. The van der Waals surface area contributed by atoms with Gasteiger partial charge in [-0.25, -0.2) is 0 Å². The lowest BCUT2D eigenvalue weighted by atomic mass is 10.1. The maximum Gasteiger partial charge on any atom is 0.0239 e. The van der Waals surface area contributed by atoms with Crippen LogP contribution < -0.4 is 0 Å². The highest BCUT2D eigenvalue weighted by Gasteiger charge is 1.97. The third-order valence-corrected chi connectivity index (χ3v) is 2.56. The standard InChI is InChI=1S/C9H10Br/c1-3-8-6-4-5-7(2)9(8)10/h4-6H,2-3H2,1H3. The Morgan fingerprint density at radius 2 is 2.20 bits per heavy atom. The molecule has 53 valence electrons. The zero-order chi connectivity index (χ0) is 7.56. The van der Waals surface area contributed by atoms with Crippen LogP contribution >= 0.6 is 15.9 Å². The smallest absolute Gasteiger partial charge is 0.0239 e. The molecule has 0 aliphatic rings. The summed E-state index contributed by atoms with van der Waals surface area (Å²) in [6, 6.07) is 6.15. The summed E-state index contributed by atoms with van der Waals surface area (Å²) >= 11 is 3.48. The van der Waals surface area contributed by atoms with Gasteiger partial charge in [-0.05, 0) is 24.5 Å². The normalized spacial score (nSPS) is 9.90. The van der Waals surface area contributed by atoms with Gasteiger partial charge in [0.05, 0.1) is 0 Å². The fraction of sp³-hybridized carbons (Fsp3) is 0.222. The molecule has 0 spiro atoms. The third-order valence-electron chi connectivity index (χ3n) is 1.54. The third kappa shape index (κ3) is 1.40. The van der Waals surface area contributed by atoms with Gasteiger partial charge in [-0.2, -0.15) is 0 Å². The SMILES string of the molecule is [CH2]c1cccc(CC)c1Br. The van der Waals surface area contributed by atoms with Crippen LogP contribution in [0, 0.1) is 6.92 Å². The second kappa shape index (κ2) is 3.20. The van der Waals surface area contributed by atoms with Gasteiger partial charge in [0.2, 0.25) is 0 Å². The Labute approximate surface area is 70.4 Å². The van der Waals surface area contributed by atoms with E-state index in [-0.39, 0.29) is 0 Å². The van der Waals surface area contributed by atoms with Gasteiger partial charge < -0.3 is 0 Å². The van der Waals surface area contributed by atoms with Crippen molar-refractivity contribution in [1.82, 2.24) is 0 Å². The van der Waals surface area contributed by atoms with Crippen molar-refractivity contribution in [2.75, 3.05) is 0 Å². The van der Waals surface area contributed by atoms with Gasteiger partial charge in [0.15, 0.2) is 0 Å². The zero-order valence-corrected chi connectivity index (χ0v) is 7.61. The number of rotatable bonds is 1. The van der Waals surface area contributed by atoms with Gasteiger partial charge in [0.25, 0.3) is 0 Å². The molecule has 0 unspecified atom stereocenters. The minimum atomic E-state index is 1.06. The lowest BCUT2D eigenvalue weighted by Crippen LogP contribution is -1.84. The molecule has 0 aromatic heterocycles. The van der Waals surface area contributed by atoms with Crippen molar-refractivity contribution in [3.05, 3.63) is 40.7 Å². The number of benzene rings is 1. The first-order valence-corrected chi connectivity index (χ1v) is 4.14. The highest BCUT2D eigenvalue weighted by atomic mass is 79.9. The molecule has 10 heavy (non-hydrogen) atoms. The molecule has 0 N–H and O–H groups in total. The van der Waals surface area contributed by atoms with E-state index in [9.17, 15) is 0 Å². The molecule has 1 aromatic rings. The Balaban J connectivity index is 3.14. The average Bonchev–Trinajstić information content (AvgIpc) is 1.95. The molecular formula is C9H10Br. The molecule has 1 rings (SSSR count). The van der Waals surface area contributed by atoms with E-state index in [2.05, 4.69) is 35.8 Å². The molecule has 0 aliphatic carbocycles. The molecule has 0 nitrogen and oxygen atoms in total. The molecule has 0 saturated heterocycles. The van der Waals surface area contributed by atoms with E-state index < -0.39 is 0 Å². The Hall–Kier alpha value is -0.300. The molecule has 0 bridgehead atoms. The first-order chi connectivity index (χ1) is 4.75. The fourth-order valence-electron chi connectivity index (χ4n) is 0.906. The van der Waals surface area contributed by atoms with E-state index >= 15 is 0 Å². The molecular weight excluding hydrogens is 188 g/mol. The van der Waals surface area contributed by atoms with Gasteiger partial charge in [-0.1, -0.05) is 41.1 Å². The Kier molecular flexibility index (Phi) is 2.50. The van der Waals surface area contributed by atoms with E-state index in [4.69, 9.17) is 0 Å². The summed E-state index contributed by atoms with van der Waals surface area (Å²) in [5.41, 5.74) is 2.40. The van der Waals surface area contributed by atoms with Crippen LogP contribution in [0.1, 0.15) is 18.1 Å². The first kappa shape index (κ1) is 7.80. The molecule has 0 saturated carbocycles. The van der Waals surface area contributed by atoms with Crippen LogP contribution in [0.4, 0.5) is 0 Å². The van der Waals surface area contributed by atoms with Crippen LogP contribution in [0.15, 0.2) is 22.7 Å². The van der Waals surface area contributed by atoms with Crippen molar-refractivity contribution in [1.29, 1.82) is 0 Å². The minimum absolute atomic E-state index is 1.06. The van der Waals surface area contributed by atoms with Gasteiger partial charge in [-0.15, -0.1) is 0 Å². The van der Waals surface area contributed by atoms with Crippen molar-refractivity contribution >= 4 is 15.9 Å². The Morgan fingerprint density at radius 3 is 2.70 bits per heavy atom. The Bertz CT molecular complexity index is 228. The fourth-order valence-corrected chi connectivity index (χ4v) is 1.45. The van der Waals surface area contributed by atoms with Crippen LogP contribution in [-0.4, -0.2) is 0 Å². The molecule has 0 atom stereocenters. The van der Waals surface area contributed by atoms with Gasteiger partial charge in [-0.3, -0.25) is 0 Å². The summed E-state index contributed by atoms with van der Waals surface area (Å²) in [6.07, 6.45) is 1.06. The minimum Gasteiger partial charge on any atom is -0.0616 e. The van der Waals surface area contributed by atoms with Gasteiger partial charge in [0, 0.05) is 4.47 Å². The van der Waals surface area contributed by atoms with Crippen LogP contribution in [0.5, 0.6) is 0 Å².